The Labute approximate surface area is 183 Å². The second-order valence-electron chi connectivity index (χ2n) is 7.35. The van der Waals surface area contributed by atoms with Gasteiger partial charge in [0.15, 0.2) is 5.75 Å². The number of carbonyl (C=O) groups excluding carboxylic acids is 1. The van der Waals surface area contributed by atoms with Crippen molar-refractivity contribution in [2.45, 2.75) is 13.5 Å². The van der Waals surface area contributed by atoms with Gasteiger partial charge in [0.2, 0.25) is 0 Å². The molecule has 0 spiro atoms. The largest absolute Gasteiger partial charge is 0.455 e. The number of nitrogens with one attached hydrogen (secondary N) is 2. The highest BCUT2D eigenvalue weighted by molar-refractivity contribution is 7.20. The van der Waals surface area contributed by atoms with Crippen molar-refractivity contribution in [2.24, 2.45) is 0 Å². The van der Waals surface area contributed by atoms with Crippen LogP contribution >= 0.6 is 11.3 Å². The highest BCUT2D eigenvalue weighted by atomic mass is 32.1. The van der Waals surface area contributed by atoms with Gasteiger partial charge in [-0.25, -0.2) is 4.98 Å². The molecule has 0 aliphatic heterocycles. The van der Waals surface area contributed by atoms with Crippen LogP contribution in [0.4, 0.5) is 5.69 Å². The molecule has 0 atom stereocenters. The van der Waals surface area contributed by atoms with E-state index in [0.29, 0.717) is 50.2 Å². The van der Waals surface area contributed by atoms with Gasteiger partial charge in [-0.15, -0.1) is 11.3 Å². The van der Waals surface area contributed by atoms with E-state index in [1.165, 1.54) is 11.3 Å². The number of amides is 1. The van der Waals surface area contributed by atoms with Crippen molar-refractivity contribution in [3.63, 3.8) is 0 Å². The van der Waals surface area contributed by atoms with Gasteiger partial charge in [0.1, 0.15) is 16.4 Å². The lowest BCUT2D eigenvalue weighted by Gasteiger charge is -2.12. The maximum absolute atomic E-state index is 13.1. The van der Waals surface area contributed by atoms with Crippen LogP contribution in [0, 0.1) is 6.92 Å². The Morgan fingerprint density at radius 1 is 1.13 bits per heavy atom. The van der Waals surface area contributed by atoms with Crippen LogP contribution in [-0.4, -0.2) is 34.9 Å². The lowest BCUT2D eigenvalue weighted by atomic mass is 10.2. The molecule has 2 N–H and O–H groups in total. The number of fused-ring (bicyclic) bond motifs is 1. The van der Waals surface area contributed by atoms with Crippen molar-refractivity contribution < 1.29 is 9.53 Å². The predicted octanol–water partition coefficient (Wildman–Crippen LogP) is 4.40. The van der Waals surface area contributed by atoms with Gasteiger partial charge in [0.05, 0.1) is 22.5 Å². The summed E-state index contributed by atoms with van der Waals surface area (Å²) in [4.78, 5) is 35.9. The molecular weight excluding hydrogens is 412 g/mol. The summed E-state index contributed by atoms with van der Waals surface area (Å²) in [5.41, 5.74) is 0.926. The van der Waals surface area contributed by atoms with E-state index in [9.17, 15) is 9.59 Å². The molecule has 4 aromatic rings. The molecule has 0 unspecified atom stereocenters. The highest BCUT2D eigenvalue weighted by Crippen LogP contribution is 2.32. The van der Waals surface area contributed by atoms with Crippen LogP contribution in [-0.2, 0) is 6.54 Å². The number of hydrogen-bond donors (Lipinski definition) is 2. The molecular formula is C23H22N4O3S. The first-order chi connectivity index (χ1) is 14.9. The number of carbonyl (C=O) groups is 1. The molecule has 2 heterocycles. The summed E-state index contributed by atoms with van der Waals surface area (Å²) >= 11 is 1.21. The Bertz CT molecular complexity index is 1300. The molecule has 2 aromatic heterocycles. The van der Waals surface area contributed by atoms with Gasteiger partial charge in [0.25, 0.3) is 11.5 Å². The summed E-state index contributed by atoms with van der Waals surface area (Å²) in [5.74, 6) is 1.46. The lowest BCUT2D eigenvalue weighted by Crippen LogP contribution is -2.18. The predicted molar refractivity (Wildman–Crippen MR) is 123 cm³/mol. The molecule has 0 bridgehead atoms. The number of aromatic nitrogens is 2. The van der Waals surface area contributed by atoms with Crippen molar-refractivity contribution in [1.82, 2.24) is 14.9 Å². The number of nitrogens with zero attached hydrogens (tertiary/aromatic N) is 2. The summed E-state index contributed by atoms with van der Waals surface area (Å²) in [7, 11) is 3.80. The van der Waals surface area contributed by atoms with Crippen LogP contribution in [0.2, 0.25) is 0 Å². The average Bonchev–Trinajstić information content (AvgIpc) is 3.06. The molecule has 2 aromatic carbocycles. The first kappa shape index (κ1) is 20.8. The summed E-state index contributed by atoms with van der Waals surface area (Å²) in [6.07, 6.45) is 0. The number of anilines is 1. The zero-order valence-corrected chi connectivity index (χ0v) is 18.2. The standard InChI is InChI=1S/C23H22N4O3S/c1-14-19-21(28)25-18(13-27(2)3)26-23(19)31-20(14)22(29)24-16-11-7-8-12-17(16)30-15-9-5-4-6-10-15/h4-12H,13H2,1-3H3,(H,24,29)(H,25,26,28). The zero-order valence-electron chi connectivity index (χ0n) is 17.4. The number of thiophene rings is 1. The molecule has 158 valence electrons. The molecule has 1 amide bonds. The first-order valence-corrected chi connectivity index (χ1v) is 10.5. The van der Waals surface area contributed by atoms with Crippen LogP contribution in [0.1, 0.15) is 21.1 Å². The monoisotopic (exact) mass is 434 g/mol. The number of H-pyrrole nitrogens is 1. The van der Waals surface area contributed by atoms with Crippen molar-refractivity contribution in [2.75, 3.05) is 19.4 Å². The Hall–Kier alpha value is -3.49. The van der Waals surface area contributed by atoms with Crippen molar-refractivity contribution in [3.05, 3.63) is 81.2 Å². The third-order valence-corrected chi connectivity index (χ3v) is 5.81. The maximum atomic E-state index is 13.1. The number of para-hydroxylation sites is 3. The van der Waals surface area contributed by atoms with Crippen molar-refractivity contribution >= 4 is 33.1 Å². The van der Waals surface area contributed by atoms with E-state index >= 15 is 0 Å². The van der Waals surface area contributed by atoms with Gasteiger partial charge in [-0.05, 0) is 50.8 Å². The summed E-state index contributed by atoms with van der Waals surface area (Å²) < 4.78 is 5.92. The van der Waals surface area contributed by atoms with Gasteiger partial charge in [-0.3, -0.25) is 9.59 Å². The quantitative estimate of drug-likeness (QED) is 0.470. The van der Waals surface area contributed by atoms with E-state index in [1.54, 1.807) is 19.1 Å². The Kier molecular flexibility index (Phi) is 5.83. The maximum Gasteiger partial charge on any atom is 0.266 e. The Morgan fingerprint density at radius 3 is 2.58 bits per heavy atom. The molecule has 0 fully saturated rings. The Balaban J connectivity index is 1.64. The van der Waals surface area contributed by atoms with Crippen LogP contribution < -0.4 is 15.6 Å². The lowest BCUT2D eigenvalue weighted by molar-refractivity contribution is 0.102. The van der Waals surface area contributed by atoms with Crippen molar-refractivity contribution in [1.29, 1.82) is 0 Å². The summed E-state index contributed by atoms with van der Waals surface area (Å²) in [6.45, 7) is 2.27. The number of hydrogen-bond acceptors (Lipinski definition) is 6. The van der Waals surface area contributed by atoms with E-state index in [4.69, 9.17) is 4.74 Å². The molecule has 8 heteroatoms. The molecule has 31 heavy (non-hydrogen) atoms. The third-order valence-electron chi connectivity index (χ3n) is 4.63. The van der Waals surface area contributed by atoms with Crippen molar-refractivity contribution in [3.8, 4) is 11.5 Å². The fraction of sp³-hybridized carbons (Fsp3) is 0.174. The van der Waals surface area contributed by atoms with E-state index in [0.717, 1.165) is 0 Å². The number of rotatable bonds is 6. The van der Waals surface area contributed by atoms with Gasteiger partial charge in [0, 0.05) is 0 Å². The molecule has 0 aliphatic rings. The second kappa shape index (κ2) is 8.71. The van der Waals surface area contributed by atoms with Gasteiger partial charge in [-0.2, -0.15) is 0 Å². The van der Waals surface area contributed by atoms with E-state index in [2.05, 4.69) is 15.3 Å². The topological polar surface area (TPSA) is 87.3 Å². The highest BCUT2D eigenvalue weighted by Gasteiger charge is 2.20. The zero-order chi connectivity index (χ0) is 22.0. The number of aryl methyl sites for hydroxylation is 1. The van der Waals surface area contributed by atoms with E-state index < -0.39 is 0 Å². The number of aromatic amines is 1. The van der Waals surface area contributed by atoms with Crippen LogP contribution in [0.15, 0.2) is 59.4 Å². The number of benzene rings is 2. The second-order valence-corrected chi connectivity index (χ2v) is 8.35. The fourth-order valence-electron chi connectivity index (χ4n) is 3.23. The Morgan fingerprint density at radius 2 is 1.84 bits per heavy atom. The van der Waals surface area contributed by atoms with Crippen LogP contribution in [0.3, 0.4) is 0 Å². The first-order valence-electron chi connectivity index (χ1n) is 9.72. The van der Waals surface area contributed by atoms with Gasteiger partial charge >= 0.3 is 0 Å². The van der Waals surface area contributed by atoms with E-state index in [-0.39, 0.29) is 11.5 Å². The summed E-state index contributed by atoms with van der Waals surface area (Å²) in [5, 5.41) is 3.36. The normalized spacial score (nSPS) is 11.1. The SMILES string of the molecule is Cc1c(C(=O)Nc2ccccc2Oc2ccccc2)sc2nc(CN(C)C)[nH]c(=O)c12. The average molecular weight is 435 g/mol. The smallest absolute Gasteiger partial charge is 0.266 e. The minimum atomic E-state index is -0.307. The minimum Gasteiger partial charge on any atom is -0.455 e. The third kappa shape index (κ3) is 4.50. The van der Waals surface area contributed by atoms with Gasteiger partial charge < -0.3 is 19.9 Å². The molecule has 4 rings (SSSR count). The van der Waals surface area contributed by atoms with Crippen LogP contribution in [0.25, 0.3) is 10.2 Å². The molecule has 0 radical (unpaired) electrons. The van der Waals surface area contributed by atoms with E-state index in [1.807, 2.05) is 61.5 Å². The van der Waals surface area contributed by atoms with Crippen LogP contribution in [0.5, 0.6) is 11.5 Å². The van der Waals surface area contributed by atoms with Gasteiger partial charge in [-0.1, -0.05) is 30.3 Å². The molecule has 0 saturated heterocycles. The fourth-order valence-corrected chi connectivity index (χ4v) is 4.33. The molecule has 0 saturated carbocycles. The summed E-state index contributed by atoms with van der Waals surface area (Å²) in [6, 6.07) is 16.6. The minimum absolute atomic E-state index is 0.234. The number of ether oxygens (including phenoxy) is 1. The molecule has 7 nitrogen and oxygen atoms in total. The molecule has 0 aliphatic carbocycles.